The Balaban J connectivity index is 2.58. The van der Waals surface area contributed by atoms with Crippen molar-refractivity contribution in [3.63, 3.8) is 0 Å². The maximum Gasteiger partial charge on any atom is 0.253 e. The number of anilines is 1. The molecule has 1 aromatic rings. The highest BCUT2D eigenvalue weighted by Gasteiger charge is 2.11. The van der Waals surface area contributed by atoms with Crippen molar-refractivity contribution in [2.24, 2.45) is 0 Å². The van der Waals surface area contributed by atoms with Gasteiger partial charge in [-0.2, -0.15) is 0 Å². The van der Waals surface area contributed by atoms with Gasteiger partial charge >= 0.3 is 0 Å². The van der Waals surface area contributed by atoms with Crippen LogP contribution in [0.2, 0.25) is 0 Å². The average Bonchev–Trinajstić information content (AvgIpc) is 2.29. The first kappa shape index (κ1) is 14.6. The molecular formula is C12H19N3O2S. The SMILES string of the molecule is CCNc1ccc(C(=O)NC(C)CS(C)=O)cn1. The van der Waals surface area contributed by atoms with E-state index in [0.717, 1.165) is 12.4 Å². The maximum absolute atomic E-state index is 11.8. The predicted octanol–water partition coefficient (Wildman–Crippen LogP) is 1.01. The molecule has 1 rings (SSSR count). The summed E-state index contributed by atoms with van der Waals surface area (Å²) in [5.41, 5.74) is 0.505. The van der Waals surface area contributed by atoms with Crippen LogP contribution in [-0.4, -0.2) is 39.7 Å². The number of aromatic nitrogens is 1. The second-order valence-corrected chi connectivity index (χ2v) is 5.56. The molecule has 0 bridgehead atoms. The van der Waals surface area contributed by atoms with E-state index in [9.17, 15) is 9.00 Å². The lowest BCUT2D eigenvalue weighted by atomic mass is 10.2. The highest BCUT2D eigenvalue weighted by molar-refractivity contribution is 7.84. The number of nitrogens with zero attached hydrogens (tertiary/aromatic N) is 1. The second kappa shape index (κ2) is 7.10. The van der Waals surface area contributed by atoms with Gasteiger partial charge in [-0.1, -0.05) is 0 Å². The van der Waals surface area contributed by atoms with Crippen LogP contribution < -0.4 is 10.6 Å². The molecule has 1 amide bonds. The standard InChI is InChI=1S/C12H19N3O2S/c1-4-13-11-6-5-10(7-14-11)12(16)15-9(2)8-18(3)17/h5-7,9H,4,8H2,1-3H3,(H,13,14)(H,15,16). The molecule has 0 saturated heterocycles. The molecule has 0 aromatic carbocycles. The van der Waals surface area contributed by atoms with Gasteiger partial charge in [0.2, 0.25) is 0 Å². The van der Waals surface area contributed by atoms with E-state index in [1.165, 1.54) is 6.20 Å². The van der Waals surface area contributed by atoms with Crippen molar-refractivity contribution in [1.82, 2.24) is 10.3 Å². The van der Waals surface area contributed by atoms with Crippen LogP contribution in [0.15, 0.2) is 18.3 Å². The molecule has 1 aromatic heterocycles. The minimum Gasteiger partial charge on any atom is -0.370 e. The highest BCUT2D eigenvalue weighted by Crippen LogP contribution is 2.05. The lowest BCUT2D eigenvalue weighted by molar-refractivity contribution is 0.0943. The fourth-order valence-electron chi connectivity index (χ4n) is 1.51. The third-order valence-electron chi connectivity index (χ3n) is 2.25. The number of hydrogen-bond acceptors (Lipinski definition) is 4. The van der Waals surface area contributed by atoms with E-state index >= 15 is 0 Å². The summed E-state index contributed by atoms with van der Waals surface area (Å²) in [7, 11) is -0.915. The van der Waals surface area contributed by atoms with Gasteiger partial charge in [0.1, 0.15) is 5.82 Å². The zero-order valence-corrected chi connectivity index (χ0v) is 11.7. The van der Waals surface area contributed by atoms with Gasteiger partial charge in [0.25, 0.3) is 5.91 Å². The monoisotopic (exact) mass is 269 g/mol. The van der Waals surface area contributed by atoms with Crippen molar-refractivity contribution in [3.8, 4) is 0 Å². The summed E-state index contributed by atoms with van der Waals surface area (Å²) < 4.78 is 11.0. The predicted molar refractivity (Wildman–Crippen MR) is 74.3 cm³/mol. The molecule has 0 saturated carbocycles. The summed E-state index contributed by atoms with van der Waals surface area (Å²) in [6.07, 6.45) is 3.15. The van der Waals surface area contributed by atoms with Crippen LogP contribution >= 0.6 is 0 Å². The Morgan fingerprint density at radius 2 is 2.22 bits per heavy atom. The minimum atomic E-state index is -0.915. The maximum atomic E-state index is 11.8. The molecule has 2 atom stereocenters. The van der Waals surface area contributed by atoms with Gasteiger partial charge in [0, 0.05) is 41.6 Å². The Morgan fingerprint density at radius 3 is 2.72 bits per heavy atom. The van der Waals surface area contributed by atoms with Gasteiger partial charge in [0.05, 0.1) is 5.56 Å². The first-order valence-corrected chi connectivity index (χ1v) is 7.56. The van der Waals surface area contributed by atoms with Crippen LogP contribution in [0.25, 0.3) is 0 Å². The van der Waals surface area contributed by atoms with Gasteiger partial charge in [-0.15, -0.1) is 0 Å². The van der Waals surface area contributed by atoms with Crippen molar-refractivity contribution in [1.29, 1.82) is 0 Å². The van der Waals surface area contributed by atoms with Gasteiger partial charge in [0.15, 0.2) is 0 Å². The molecule has 18 heavy (non-hydrogen) atoms. The Hall–Kier alpha value is -1.43. The Bertz CT molecular complexity index is 420. The first-order valence-electron chi connectivity index (χ1n) is 5.83. The summed E-state index contributed by atoms with van der Waals surface area (Å²) in [5, 5.41) is 5.84. The molecule has 100 valence electrons. The van der Waals surface area contributed by atoms with Gasteiger partial charge in [-0.3, -0.25) is 9.00 Å². The average molecular weight is 269 g/mol. The van der Waals surface area contributed by atoms with E-state index in [2.05, 4.69) is 15.6 Å². The lowest BCUT2D eigenvalue weighted by Gasteiger charge is -2.12. The van der Waals surface area contributed by atoms with E-state index in [1.807, 2.05) is 13.8 Å². The number of hydrogen-bond donors (Lipinski definition) is 2. The van der Waals surface area contributed by atoms with E-state index in [4.69, 9.17) is 0 Å². The number of pyridine rings is 1. The smallest absolute Gasteiger partial charge is 0.253 e. The molecule has 2 N–H and O–H groups in total. The van der Waals surface area contributed by atoms with Gasteiger partial charge in [-0.25, -0.2) is 4.98 Å². The topological polar surface area (TPSA) is 71.1 Å². The van der Waals surface area contributed by atoms with Gasteiger partial charge < -0.3 is 10.6 Å². The normalized spacial score (nSPS) is 13.7. The largest absolute Gasteiger partial charge is 0.370 e. The number of rotatable bonds is 6. The molecule has 0 aliphatic heterocycles. The zero-order valence-electron chi connectivity index (χ0n) is 10.9. The minimum absolute atomic E-state index is 0.114. The van der Waals surface area contributed by atoms with Crippen LogP contribution in [-0.2, 0) is 10.8 Å². The molecule has 6 heteroatoms. The molecule has 1 heterocycles. The molecule has 0 fully saturated rings. The van der Waals surface area contributed by atoms with Crippen molar-refractivity contribution in [2.75, 3.05) is 23.9 Å². The Kier molecular flexibility index (Phi) is 5.77. The molecule has 2 unspecified atom stereocenters. The Labute approximate surface area is 110 Å². The van der Waals surface area contributed by atoms with Crippen LogP contribution in [0.1, 0.15) is 24.2 Å². The fraction of sp³-hybridized carbons (Fsp3) is 0.500. The van der Waals surface area contributed by atoms with E-state index in [0.29, 0.717) is 11.3 Å². The second-order valence-electron chi connectivity index (χ2n) is 4.08. The van der Waals surface area contributed by atoms with Crippen molar-refractivity contribution < 1.29 is 9.00 Å². The molecular weight excluding hydrogens is 250 g/mol. The van der Waals surface area contributed by atoms with E-state index in [1.54, 1.807) is 18.4 Å². The molecule has 5 nitrogen and oxygen atoms in total. The molecule has 0 spiro atoms. The number of carbonyl (C=O) groups is 1. The Morgan fingerprint density at radius 1 is 1.50 bits per heavy atom. The number of carbonyl (C=O) groups excluding carboxylic acids is 1. The van der Waals surface area contributed by atoms with E-state index < -0.39 is 10.8 Å². The summed E-state index contributed by atoms with van der Waals surface area (Å²) in [6, 6.07) is 3.37. The first-order chi connectivity index (χ1) is 8.52. The van der Waals surface area contributed by atoms with E-state index in [-0.39, 0.29) is 11.9 Å². The van der Waals surface area contributed by atoms with Crippen LogP contribution in [0.4, 0.5) is 5.82 Å². The van der Waals surface area contributed by atoms with Gasteiger partial charge in [-0.05, 0) is 26.0 Å². The van der Waals surface area contributed by atoms with Crippen molar-refractivity contribution in [3.05, 3.63) is 23.9 Å². The third kappa shape index (κ3) is 4.83. The third-order valence-corrected chi connectivity index (χ3v) is 3.22. The summed E-state index contributed by atoms with van der Waals surface area (Å²) in [4.78, 5) is 16.0. The zero-order chi connectivity index (χ0) is 13.5. The summed E-state index contributed by atoms with van der Waals surface area (Å²) in [5.74, 6) is 1.01. The van der Waals surface area contributed by atoms with Crippen molar-refractivity contribution in [2.45, 2.75) is 19.9 Å². The van der Waals surface area contributed by atoms with Crippen LogP contribution in [0.3, 0.4) is 0 Å². The number of nitrogens with one attached hydrogen (secondary N) is 2. The molecule has 0 aliphatic rings. The summed E-state index contributed by atoms with van der Waals surface area (Å²) >= 11 is 0. The van der Waals surface area contributed by atoms with Crippen LogP contribution in [0, 0.1) is 0 Å². The highest BCUT2D eigenvalue weighted by atomic mass is 32.2. The molecule has 0 radical (unpaired) electrons. The summed E-state index contributed by atoms with van der Waals surface area (Å²) in [6.45, 7) is 4.60. The van der Waals surface area contributed by atoms with Crippen LogP contribution in [0.5, 0.6) is 0 Å². The molecule has 0 aliphatic carbocycles. The number of amides is 1. The fourth-order valence-corrected chi connectivity index (χ4v) is 2.30. The quantitative estimate of drug-likeness (QED) is 0.808. The van der Waals surface area contributed by atoms with Crippen molar-refractivity contribution >= 4 is 22.5 Å². The lowest BCUT2D eigenvalue weighted by Crippen LogP contribution is -2.36.